The maximum atomic E-state index is 13.0. The van der Waals surface area contributed by atoms with Crippen LogP contribution in [0.3, 0.4) is 0 Å². The highest BCUT2D eigenvalue weighted by Crippen LogP contribution is 2.20. The second kappa shape index (κ2) is 10.7. The summed E-state index contributed by atoms with van der Waals surface area (Å²) in [5.74, 6) is 0.413. The Morgan fingerprint density at radius 1 is 1.06 bits per heavy atom. The minimum Gasteiger partial charge on any atom is -0.439 e. The van der Waals surface area contributed by atoms with E-state index in [-0.39, 0.29) is 11.7 Å². The summed E-state index contributed by atoms with van der Waals surface area (Å²) < 4.78 is 18.7. The average Bonchev–Trinajstić information content (AvgIpc) is 2.78. The lowest BCUT2D eigenvalue weighted by atomic mass is 10.1. The summed E-state index contributed by atoms with van der Waals surface area (Å²) in [6.07, 6.45) is 1.61. The average molecular weight is 422 g/mol. The number of benzene rings is 2. The molecule has 2 aromatic carbocycles. The maximum absolute atomic E-state index is 13.0. The number of nitrogens with zero attached hydrogens (tertiary/aromatic N) is 2. The summed E-state index contributed by atoms with van der Waals surface area (Å²) in [6, 6.07) is 17.5. The van der Waals surface area contributed by atoms with Gasteiger partial charge >= 0.3 is 0 Å². The number of pyridine rings is 1. The first-order valence-corrected chi connectivity index (χ1v) is 10.4. The van der Waals surface area contributed by atoms with Crippen LogP contribution in [0.15, 0.2) is 66.9 Å². The lowest BCUT2D eigenvalue weighted by molar-refractivity contribution is 0.0950. The molecule has 1 N–H and O–H groups in total. The van der Waals surface area contributed by atoms with E-state index in [0.29, 0.717) is 29.8 Å². The van der Waals surface area contributed by atoms with Gasteiger partial charge in [0.25, 0.3) is 5.91 Å². The van der Waals surface area contributed by atoms with Crippen LogP contribution in [0.5, 0.6) is 11.6 Å². The highest BCUT2D eigenvalue weighted by Gasteiger charge is 2.10. The smallest absolute Gasteiger partial charge is 0.251 e. The summed E-state index contributed by atoms with van der Waals surface area (Å²) in [4.78, 5) is 19.0. The standard InChI is InChI=1S/C25H28FN3O2/c1-4-29(18(2)3)17-19-5-7-21(8-6-19)25(30)28-16-20-13-14-27-24(15-20)31-23-11-9-22(26)10-12-23/h5-15,18H,4,16-17H2,1-3H3,(H,28,30). The molecule has 0 aliphatic rings. The van der Waals surface area contributed by atoms with E-state index in [2.05, 4.69) is 36.0 Å². The lowest BCUT2D eigenvalue weighted by Crippen LogP contribution is -2.30. The van der Waals surface area contributed by atoms with Gasteiger partial charge in [-0.3, -0.25) is 9.69 Å². The quantitative estimate of drug-likeness (QED) is 0.518. The SMILES string of the molecule is CCN(Cc1ccc(C(=O)NCc2ccnc(Oc3ccc(F)cc3)c2)cc1)C(C)C. The van der Waals surface area contributed by atoms with Crippen LogP contribution in [-0.2, 0) is 13.1 Å². The molecule has 1 heterocycles. The third kappa shape index (κ3) is 6.62. The predicted octanol–water partition coefficient (Wildman–Crippen LogP) is 5.17. The number of amides is 1. The third-order valence-corrected chi connectivity index (χ3v) is 5.03. The van der Waals surface area contributed by atoms with Crippen LogP contribution in [0.25, 0.3) is 0 Å². The molecule has 0 unspecified atom stereocenters. The minimum atomic E-state index is -0.326. The van der Waals surface area contributed by atoms with Gasteiger partial charge in [0.15, 0.2) is 0 Å². The topological polar surface area (TPSA) is 54.5 Å². The van der Waals surface area contributed by atoms with E-state index in [0.717, 1.165) is 18.7 Å². The Morgan fingerprint density at radius 2 is 1.77 bits per heavy atom. The van der Waals surface area contributed by atoms with E-state index < -0.39 is 0 Å². The van der Waals surface area contributed by atoms with Gasteiger partial charge in [0.05, 0.1) is 0 Å². The van der Waals surface area contributed by atoms with E-state index in [1.165, 1.54) is 29.8 Å². The Hall–Kier alpha value is -3.25. The van der Waals surface area contributed by atoms with Crippen LogP contribution in [0.1, 0.15) is 42.3 Å². The fourth-order valence-corrected chi connectivity index (χ4v) is 3.18. The molecule has 1 aromatic heterocycles. The summed E-state index contributed by atoms with van der Waals surface area (Å²) in [5.41, 5.74) is 2.66. The Labute approximate surface area is 182 Å². The Kier molecular flexibility index (Phi) is 7.73. The van der Waals surface area contributed by atoms with E-state index in [9.17, 15) is 9.18 Å². The molecule has 0 aliphatic carbocycles. The molecule has 6 heteroatoms. The molecule has 0 fully saturated rings. The van der Waals surface area contributed by atoms with Crippen LogP contribution in [0.2, 0.25) is 0 Å². The Balaban J connectivity index is 1.56. The van der Waals surface area contributed by atoms with Crippen LogP contribution < -0.4 is 10.1 Å². The first-order valence-electron chi connectivity index (χ1n) is 10.4. The zero-order valence-corrected chi connectivity index (χ0v) is 18.1. The van der Waals surface area contributed by atoms with Crippen LogP contribution in [-0.4, -0.2) is 28.4 Å². The van der Waals surface area contributed by atoms with Gasteiger partial charge in [-0.2, -0.15) is 0 Å². The number of ether oxygens (including phenoxy) is 1. The van der Waals surface area contributed by atoms with E-state index in [1.807, 2.05) is 30.3 Å². The van der Waals surface area contributed by atoms with Crippen molar-refractivity contribution in [3.8, 4) is 11.6 Å². The van der Waals surface area contributed by atoms with Gasteiger partial charge in [0, 0.05) is 37.0 Å². The van der Waals surface area contributed by atoms with Crippen molar-refractivity contribution in [1.29, 1.82) is 0 Å². The maximum Gasteiger partial charge on any atom is 0.251 e. The molecule has 162 valence electrons. The van der Waals surface area contributed by atoms with Gasteiger partial charge in [-0.15, -0.1) is 0 Å². The molecule has 3 aromatic rings. The molecular formula is C25H28FN3O2. The van der Waals surface area contributed by atoms with E-state index in [1.54, 1.807) is 12.3 Å². The van der Waals surface area contributed by atoms with Gasteiger partial charge in [-0.25, -0.2) is 9.37 Å². The van der Waals surface area contributed by atoms with Crippen molar-refractivity contribution >= 4 is 5.91 Å². The largest absolute Gasteiger partial charge is 0.439 e. The van der Waals surface area contributed by atoms with Gasteiger partial charge < -0.3 is 10.1 Å². The number of rotatable bonds is 9. The number of carbonyl (C=O) groups is 1. The molecule has 0 saturated carbocycles. The highest BCUT2D eigenvalue weighted by molar-refractivity contribution is 5.94. The first-order chi connectivity index (χ1) is 14.9. The molecule has 0 bridgehead atoms. The molecule has 0 aliphatic heterocycles. The molecule has 0 spiro atoms. The first kappa shape index (κ1) is 22.4. The molecular weight excluding hydrogens is 393 g/mol. The van der Waals surface area contributed by atoms with Crippen molar-refractivity contribution < 1.29 is 13.9 Å². The molecule has 5 nitrogen and oxygen atoms in total. The van der Waals surface area contributed by atoms with Gasteiger partial charge in [-0.1, -0.05) is 19.1 Å². The monoisotopic (exact) mass is 421 g/mol. The second-order valence-corrected chi connectivity index (χ2v) is 7.59. The highest BCUT2D eigenvalue weighted by atomic mass is 19.1. The Morgan fingerprint density at radius 3 is 2.42 bits per heavy atom. The van der Waals surface area contributed by atoms with Crippen LogP contribution >= 0.6 is 0 Å². The zero-order chi connectivity index (χ0) is 22.2. The van der Waals surface area contributed by atoms with Crippen molar-refractivity contribution in [2.75, 3.05) is 6.54 Å². The normalized spacial score (nSPS) is 11.0. The molecule has 3 rings (SSSR count). The molecule has 0 atom stereocenters. The summed E-state index contributed by atoms with van der Waals surface area (Å²) in [7, 11) is 0. The number of hydrogen-bond donors (Lipinski definition) is 1. The van der Waals surface area contributed by atoms with E-state index >= 15 is 0 Å². The van der Waals surface area contributed by atoms with Crippen molar-refractivity contribution in [3.05, 3.63) is 89.4 Å². The molecule has 0 saturated heterocycles. The Bertz CT molecular complexity index is 988. The number of carbonyl (C=O) groups excluding carboxylic acids is 1. The van der Waals surface area contributed by atoms with Crippen molar-refractivity contribution in [1.82, 2.24) is 15.2 Å². The number of hydrogen-bond acceptors (Lipinski definition) is 4. The molecule has 31 heavy (non-hydrogen) atoms. The number of halogens is 1. The van der Waals surface area contributed by atoms with Gasteiger partial charge in [0.1, 0.15) is 11.6 Å². The number of nitrogens with one attached hydrogen (secondary N) is 1. The van der Waals surface area contributed by atoms with Crippen molar-refractivity contribution in [2.45, 2.75) is 39.9 Å². The van der Waals surface area contributed by atoms with Crippen molar-refractivity contribution in [2.24, 2.45) is 0 Å². The predicted molar refractivity (Wildman–Crippen MR) is 120 cm³/mol. The van der Waals surface area contributed by atoms with Crippen LogP contribution in [0, 0.1) is 5.82 Å². The van der Waals surface area contributed by atoms with Crippen LogP contribution in [0.4, 0.5) is 4.39 Å². The fraction of sp³-hybridized carbons (Fsp3) is 0.280. The number of aromatic nitrogens is 1. The van der Waals surface area contributed by atoms with Gasteiger partial charge in [-0.05, 0) is 74.0 Å². The van der Waals surface area contributed by atoms with Gasteiger partial charge in [0.2, 0.25) is 5.88 Å². The van der Waals surface area contributed by atoms with E-state index in [4.69, 9.17) is 4.74 Å². The summed E-state index contributed by atoms with van der Waals surface area (Å²) in [5, 5.41) is 2.92. The second-order valence-electron chi connectivity index (χ2n) is 7.59. The third-order valence-electron chi connectivity index (χ3n) is 5.03. The molecule has 1 amide bonds. The lowest BCUT2D eigenvalue weighted by Gasteiger charge is -2.24. The summed E-state index contributed by atoms with van der Waals surface area (Å²) in [6.45, 7) is 8.71. The zero-order valence-electron chi connectivity index (χ0n) is 18.1. The minimum absolute atomic E-state index is 0.138. The molecule has 0 radical (unpaired) electrons. The fourth-order valence-electron chi connectivity index (χ4n) is 3.18. The summed E-state index contributed by atoms with van der Waals surface area (Å²) >= 11 is 0. The van der Waals surface area contributed by atoms with Crippen molar-refractivity contribution in [3.63, 3.8) is 0 Å².